The number of rotatable bonds is 5. The molecule has 0 unspecified atom stereocenters. The zero-order chi connectivity index (χ0) is 17.1. The fourth-order valence-electron chi connectivity index (χ4n) is 3.43. The van der Waals surface area contributed by atoms with Crippen LogP contribution in [-0.4, -0.2) is 33.5 Å². The average Bonchev–Trinajstić information content (AvgIpc) is 3.02. The molecule has 0 aliphatic carbocycles. The smallest absolute Gasteiger partial charge is 0.137 e. The highest BCUT2D eigenvalue weighted by Gasteiger charge is 2.21. The third-order valence-corrected chi connectivity index (χ3v) is 4.64. The van der Waals surface area contributed by atoms with Crippen LogP contribution in [0.3, 0.4) is 0 Å². The van der Waals surface area contributed by atoms with E-state index in [1.165, 1.54) is 12.1 Å². The van der Waals surface area contributed by atoms with Crippen molar-refractivity contribution in [3.63, 3.8) is 0 Å². The fraction of sp³-hybridized carbons (Fsp3) is 0.350. The molecule has 0 saturated carbocycles. The van der Waals surface area contributed by atoms with Crippen molar-refractivity contribution in [2.75, 3.05) is 13.1 Å². The normalized spacial score (nSPS) is 18.7. The SMILES string of the molecule is Fc1cccc(CO[C@H]2CCCN(Cc3cn4ccccc4n3)C2)c1. The summed E-state index contributed by atoms with van der Waals surface area (Å²) in [5.74, 6) is -0.210. The van der Waals surface area contributed by atoms with Crippen LogP contribution in [0.1, 0.15) is 24.1 Å². The zero-order valence-electron chi connectivity index (χ0n) is 14.1. The lowest BCUT2D eigenvalue weighted by atomic mass is 10.1. The van der Waals surface area contributed by atoms with Gasteiger partial charge >= 0.3 is 0 Å². The Hall–Kier alpha value is -2.24. The van der Waals surface area contributed by atoms with E-state index < -0.39 is 0 Å². The number of fused-ring (bicyclic) bond motifs is 1. The molecule has 1 atom stereocenters. The Morgan fingerprint density at radius 3 is 3.04 bits per heavy atom. The number of nitrogens with zero attached hydrogens (tertiary/aromatic N) is 3. The van der Waals surface area contributed by atoms with Crippen LogP contribution < -0.4 is 0 Å². The van der Waals surface area contributed by atoms with Gasteiger partial charge in [0.05, 0.1) is 18.4 Å². The van der Waals surface area contributed by atoms with Crippen LogP contribution in [0.15, 0.2) is 54.9 Å². The summed E-state index contributed by atoms with van der Waals surface area (Å²) < 4.78 is 21.3. The molecule has 4 rings (SSSR count). The number of pyridine rings is 1. The van der Waals surface area contributed by atoms with Gasteiger partial charge in [-0.05, 0) is 49.2 Å². The van der Waals surface area contributed by atoms with Gasteiger partial charge in [-0.25, -0.2) is 9.37 Å². The van der Waals surface area contributed by atoms with Crippen molar-refractivity contribution < 1.29 is 9.13 Å². The Morgan fingerprint density at radius 2 is 2.16 bits per heavy atom. The van der Waals surface area contributed by atoms with Crippen LogP contribution in [0.2, 0.25) is 0 Å². The lowest BCUT2D eigenvalue weighted by Crippen LogP contribution is -2.39. The van der Waals surface area contributed by atoms with E-state index in [1.54, 1.807) is 6.07 Å². The summed E-state index contributed by atoms with van der Waals surface area (Å²) in [5.41, 5.74) is 2.95. The number of hydrogen-bond donors (Lipinski definition) is 0. The molecule has 0 bridgehead atoms. The molecular formula is C20H22FN3O. The van der Waals surface area contributed by atoms with Gasteiger partial charge in [0.2, 0.25) is 0 Å². The third kappa shape index (κ3) is 4.06. The minimum absolute atomic E-state index is 0.189. The third-order valence-electron chi connectivity index (χ3n) is 4.64. The maximum Gasteiger partial charge on any atom is 0.137 e. The van der Waals surface area contributed by atoms with Gasteiger partial charge < -0.3 is 9.14 Å². The quantitative estimate of drug-likeness (QED) is 0.711. The standard InChI is InChI=1S/C20H22FN3O/c21-17-6-3-5-16(11-17)15-25-19-7-4-9-23(14-19)12-18-13-24-10-2-1-8-20(24)22-18/h1-3,5-6,8,10-11,13,19H,4,7,9,12,14-15H2/t19-/m0/s1. The van der Waals surface area contributed by atoms with E-state index in [0.717, 1.165) is 49.4 Å². The molecule has 1 saturated heterocycles. The van der Waals surface area contributed by atoms with E-state index in [4.69, 9.17) is 4.74 Å². The molecule has 130 valence electrons. The van der Waals surface area contributed by atoms with Crippen LogP contribution in [-0.2, 0) is 17.9 Å². The molecule has 0 spiro atoms. The first-order valence-electron chi connectivity index (χ1n) is 8.77. The van der Waals surface area contributed by atoms with Crippen LogP contribution in [0.25, 0.3) is 5.65 Å². The molecule has 1 aliphatic heterocycles. The minimum Gasteiger partial charge on any atom is -0.372 e. The monoisotopic (exact) mass is 339 g/mol. The first kappa shape index (κ1) is 16.2. The number of likely N-dealkylation sites (tertiary alicyclic amines) is 1. The number of aromatic nitrogens is 2. The van der Waals surface area contributed by atoms with Crippen molar-refractivity contribution in [2.45, 2.75) is 32.1 Å². The summed E-state index contributed by atoms with van der Waals surface area (Å²) in [6.07, 6.45) is 6.46. The lowest BCUT2D eigenvalue weighted by Gasteiger charge is -2.32. The van der Waals surface area contributed by atoms with Gasteiger partial charge in [0.25, 0.3) is 0 Å². The van der Waals surface area contributed by atoms with E-state index in [0.29, 0.717) is 6.61 Å². The summed E-state index contributed by atoms with van der Waals surface area (Å²) in [6, 6.07) is 12.7. The minimum atomic E-state index is -0.210. The Balaban J connectivity index is 1.34. The highest BCUT2D eigenvalue weighted by Crippen LogP contribution is 2.18. The van der Waals surface area contributed by atoms with Gasteiger partial charge in [-0.3, -0.25) is 4.90 Å². The largest absolute Gasteiger partial charge is 0.372 e. The van der Waals surface area contributed by atoms with Crippen LogP contribution in [0.5, 0.6) is 0 Å². The van der Waals surface area contributed by atoms with Crippen LogP contribution >= 0.6 is 0 Å². The topological polar surface area (TPSA) is 29.8 Å². The molecule has 1 aliphatic rings. The molecule has 3 aromatic rings. The number of imidazole rings is 1. The summed E-state index contributed by atoms with van der Waals surface area (Å²) in [5, 5.41) is 0. The fourth-order valence-corrected chi connectivity index (χ4v) is 3.43. The molecule has 5 heteroatoms. The number of halogens is 1. The van der Waals surface area contributed by atoms with Crippen molar-refractivity contribution in [1.82, 2.24) is 14.3 Å². The Labute approximate surface area is 146 Å². The molecule has 25 heavy (non-hydrogen) atoms. The predicted octanol–water partition coefficient (Wildman–Crippen LogP) is 3.65. The zero-order valence-corrected chi connectivity index (χ0v) is 14.1. The van der Waals surface area contributed by atoms with Gasteiger partial charge in [-0.1, -0.05) is 18.2 Å². The summed E-state index contributed by atoms with van der Waals surface area (Å²) in [7, 11) is 0. The van der Waals surface area contributed by atoms with E-state index in [9.17, 15) is 4.39 Å². The van der Waals surface area contributed by atoms with Crippen molar-refractivity contribution in [3.05, 3.63) is 71.9 Å². The molecule has 0 amide bonds. The lowest BCUT2D eigenvalue weighted by molar-refractivity contribution is -0.0123. The van der Waals surface area contributed by atoms with Gasteiger partial charge in [-0.15, -0.1) is 0 Å². The Morgan fingerprint density at radius 1 is 1.20 bits per heavy atom. The number of hydrogen-bond acceptors (Lipinski definition) is 3. The summed E-state index contributed by atoms with van der Waals surface area (Å²) >= 11 is 0. The number of ether oxygens (including phenoxy) is 1. The highest BCUT2D eigenvalue weighted by molar-refractivity contribution is 5.39. The molecule has 2 aromatic heterocycles. The first-order chi connectivity index (χ1) is 12.3. The van der Waals surface area contributed by atoms with Crippen LogP contribution in [0.4, 0.5) is 4.39 Å². The number of piperidine rings is 1. The van der Waals surface area contributed by atoms with Crippen molar-refractivity contribution >= 4 is 5.65 Å². The van der Waals surface area contributed by atoms with Gasteiger partial charge in [0, 0.05) is 25.5 Å². The maximum atomic E-state index is 13.3. The maximum absolute atomic E-state index is 13.3. The van der Waals surface area contributed by atoms with Crippen LogP contribution in [0, 0.1) is 5.82 Å². The Bertz CT molecular complexity index is 815. The average molecular weight is 339 g/mol. The highest BCUT2D eigenvalue weighted by atomic mass is 19.1. The molecule has 3 heterocycles. The second-order valence-corrected chi connectivity index (χ2v) is 6.64. The van der Waals surface area contributed by atoms with Gasteiger partial charge in [0.15, 0.2) is 0 Å². The summed E-state index contributed by atoms with van der Waals surface area (Å²) in [6.45, 7) is 3.25. The van der Waals surface area contributed by atoms with Crippen molar-refractivity contribution in [2.24, 2.45) is 0 Å². The van der Waals surface area contributed by atoms with E-state index >= 15 is 0 Å². The molecule has 1 fully saturated rings. The molecule has 4 nitrogen and oxygen atoms in total. The van der Waals surface area contributed by atoms with E-state index in [2.05, 4.69) is 20.5 Å². The predicted molar refractivity (Wildman–Crippen MR) is 94.7 cm³/mol. The molecule has 1 aromatic carbocycles. The molecular weight excluding hydrogens is 317 g/mol. The van der Waals surface area contributed by atoms with Gasteiger partial charge in [0.1, 0.15) is 11.5 Å². The van der Waals surface area contributed by atoms with E-state index in [-0.39, 0.29) is 11.9 Å². The first-order valence-corrected chi connectivity index (χ1v) is 8.77. The van der Waals surface area contributed by atoms with Gasteiger partial charge in [-0.2, -0.15) is 0 Å². The number of benzene rings is 1. The summed E-state index contributed by atoms with van der Waals surface area (Å²) in [4.78, 5) is 7.06. The molecule has 0 N–H and O–H groups in total. The van der Waals surface area contributed by atoms with Crippen molar-refractivity contribution in [1.29, 1.82) is 0 Å². The molecule has 0 radical (unpaired) electrons. The Kier molecular flexibility index (Phi) is 4.76. The van der Waals surface area contributed by atoms with E-state index in [1.807, 2.05) is 30.5 Å². The second-order valence-electron chi connectivity index (χ2n) is 6.64. The van der Waals surface area contributed by atoms with Crippen molar-refractivity contribution in [3.8, 4) is 0 Å². The second kappa shape index (κ2) is 7.33.